The number of anilines is 1. The molecule has 3 rings (SSSR count). The van der Waals surface area contributed by atoms with E-state index < -0.39 is 23.3 Å². The van der Waals surface area contributed by atoms with Gasteiger partial charge in [-0.05, 0) is 37.1 Å². The number of primary amides is 1. The van der Waals surface area contributed by atoms with E-state index in [0.29, 0.717) is 16.5 Å². The highest BCUT2D eigenvalue weighted by Gasteiger charge is 2.24. The Morgan fingerprint density at radius 1 is 1.27 bits per heavy atom. The molecule has 5 N–H and O–H groups in total. The highest BCUT2D eigenvalue weighted by atomic mass is 19.1. The normalized spacial score (nSPS) is 11.7. The zero-order valence-corrected chi connectivity index (χ0v) is 14.3. The van der Waals surface area contributed by atoms with Gasteiger partial charge >= 0.3 is 6.09 Å². The second-order valence-electron chi connectivity index (χ2n) is 6.62. The Balaban J connectivity index is 1.95. The third-order valence-corrected chi connectivity index (χ3v) is 4.06. The fourth-order valence-electron chi connectivity index (χ4n) is 2.92. The van der Waals surface area contributed by atoms with Gasteiger partial charge in [-0.25, -0.2) is 13.6 Å². The lowest BCUT2D eigenvalue weighted by Gasteiger charge is -2.24. The molecular weight excluding hydrogens is 342 g/mol. The van der Waals surface area contributed by atoms with E-state index in [4.69, 9.17) is 16.2 Å². The van der Waals surface area contributed by atoms with Crippen LogP contribution in [-0.4, -0.2) is 21.9 Å². The maximum Gasteiger partial charge on any atom is 0.405 e. The Morgan fingerprint density at radius 3 is 2.65 bits per heavy atom. The molecule has 0 fully saturated rings. The molecule has 3 aromatic rings. The zero-order valence-electron chi connectivity index (χ0n) is 14.3. The first-order valence-electron chi connectivity index (χ1n) is 7.87. The average Bonchev–Trinajstić information content (AvgIpc) is 2.91. The number of halogens is 2. The molecule has 0 aliphatic carbocycles. The van der Waals surface area contributed by atoms with Crippen LogP contribution in [-0.2, 0) is 11.2 Å². The number of benzene rings is 2. The van der Waals surface area contributed by atoms with E-state index in [9.17, 15) is 13.6 Å². The summed E-state index contributed by atoms with van der Waals surface area (Å²) in [5, 5.41) is 6.78. The highest BCUT2D eigenvalue weighted by Crippen LogP contribution is 2.31. The van der Waals surface area contributed by atoms with Crippen LogP contribution in [0.1, 0.15) is 19.4 Å². The van der Waals surface area contributed by atoms with Gasteiger partial charge in [0.25, 0.3) is 0 Å². The summed E-state index contributed by atoms with van der Waals surface area (Å²) in [5.41, 5.74) is 10.8. The molecule has 0 unspecified atom stereocenters. The predicted octanol–water partition coefficient (Wildman–Crippen LogP) is 3.51. The number of nitrogens with one attached hydrogen (secondary N) is 1. The first-order chi connectivity index (χ1) is 12.2. The quantitative estimate of drug-likeness (QED) is 0.662. The van der Waals surface area contributed by atoms with Gasteiger partial charge in [0.1, 0.15) is 16.9 Å². The molecule has 0 saturated carbocycles. The standard InChI is InChI=1S/C18H18F2N4O2/c1-18(2,26-17(22)25)8-10-4-3-9(7-13(10)19)11-5-6-12-15(14(11)20)23-24-16(12)21/h3-7H,8H2,1-2H3,(H2,22,25)(H3,21,23,24). The van der Waals surface area contributed by atoms with Crippen LogP contribution in [0.15, 0.2) is 30.3 Å². The minimum absolute atomic E-state index is 0.126. The summed E-state index contributed by atoms with van der Waals surface area (Å²) < 4.78 is 34.2. The minimum Gasteiger partial charge on any atom is -0.443 e. The summed E-state index contributed by atoms with van der Waals surface area (Å²) in [4.78, 5) is 10.9. The van der Waals surface area contributed by atoms with Crippen molar-refractivity contribution in [1.82, 2.24) is 10.2 Å². The number of ether oxygens (including phenoxy) is 1. The summed E-state index contributed by atoms with van der Waals surface area (Å²) in [6.45, 7) is 3.25. The molecule has 0 aliphatic rings. The van der Waals surface area contributed by atoms with Gasteiger partial charge in [0.05, 0.1) is 0 Å². The van der Waals surface area contributed by atoms with E-state index in [1.165, 1.54) is 18.2 Å². The van der Waals surface area contributed by atoms with Crippen molar-refractivity contribution in [1.29, 1.82) is 0 Å². The molecule has 26 heavy (non-hydrogen) atoms. The number of H-pyrrole nitrogens is 1. The topological polar surface area (TPSA) is 107 Å². The number of carbonyl (C=O) groups excluding carboxylic acids is 1. The highest BCUT2D eigenvalue weighted by molar-refractivity contribution is 5.92. The van der Waals surface area contributed by atoms with Crippen LogP contribution >= 0.6 is 0 Å². The summed E-state index contributed by atoms with van der Waals surface area (Å²) >= 11 is 0. The first-order valence-corrected chi connectivity index (χ1v) is 7.87. The number of amides is 1. The Hall–Kier alpha value is -3.16. The van der Waals surface area contributed by atoms with Crippen LogP contribution in [0.3, 0.4) is 0 Å². The van der Waals surface area contributed by atoms with E-state index in [1.54, 1.807) is 26.0 Å². The van der Waals surface area contributed by atoms with Crippen LogP contribution in [0, 0.1) is 11.6 Å². The summed E-state index contributed by atoms with van der Waals surface area (Å²) in [5.74, 6) is -0.896. The number of aromatic nitrogens is 2. The van der Waals surface area contributed by atoms with Gasteiger partial charge in [0.15, 0.2) is 11.6 Å². The van der Waals surface area contributed by atoms with Crippen molar-refractivity contribution >= 4 is 22.8 Å². The Kier molecular flexibility index (Phi) is 4.27. The molecule has 6 nitrogen and oxygen atoms in total. The largest absolute Gasteiger partial charge is 0.443 e. The monoisotopic (exact) mass is 360 g/mol. The van der Waals surface area contributed by atoms with Crippen molar-refractivity contribution in [3.05, 3.63) is 47.5 Å². The zero-order chi connectivity index (χ0) is 19.1. The lowest BCUT2D eigenvalue weighted by Crippen LogP contribution is -2.33. The Bertz CT molecular complexity index is 998. The van der Waals surface area contributed by atoms with E-state index >= 15 is 0 Å². The molecule has 1 heterocycles. The average molecular weight is 360 g/mol. The number of nitrogen functional groups attached to an aromatic ring is 1. The van der Waals surface area contributed by atoms with Gasteiger partial charge in [-0.1, -0.05) is 18.2 Å². The fourth-order valence-corrected chi connectivity index (χ4v) is 2.92. The minimum atomic E-state index is -0.966. The molecule has 1 aromatic heterocycles. The number of nitrogens with zero attached hydrogens (tertiary/aromatic N) is 1. The van der Waals surface area contributed by atoms with E-state index in [-0.39, 0.29) is 23.3 Å². The molecule has 0 aliphatic heterocycles. The number of nitrogens with two attached hydrogens (primary N) is 2. The Labute approximate surface area is 148 Å². The van der Waals surface area contributed by atoms with Gasteiger partial charge in [-0.2, -0.15) is 5.10 Å². The van der Waals surface area contributed by atoms with Crippen molar-refractivity contribution in [3.63, 3.8) is 0 Å². The molecule has 136 valence electrons. The van der Waals surface area contributed by atoms with Crippen LogP contribution < -0.4 is 11.5 Å². The van der Waals surface area contributed by atoms with Crippen molar-refractivity contribution < 1.29 is 18.3 Å². The molecule has 2 aromatic carbocycles. The molecule has 0 spiro atoms. The van der Waals surface area contributed by atoms with Gasteiger partial charge in [0.2, 0.25) is 0 Å². The number of hydrogen-bond acceptors (Lipinski definition) is 4. The van der Waals surface area contributed by atoms with Crippen molar-refractivity contribution in [2.24, 2.45) is 5.73 Å². The van der Waals surface area contributed by atoms with Gasteiger partial charge in [-0.3, -0.25) is 5.10 Å². The van der Waals surface area contributed by atoms with Crippen molar-refractivity contribution in [2.45, 2.75) is 25.9 Å². The van der Waals surface area contributed by atoms with E-state index in [1.807, 2.05) is 0 Å². The third kappa shape index (κ3) is 3.30. The molecular formula is C18H18F2N4O2. The first kappa shape index (κ1) is 17.7. The molecule has 0 bridgehead atoms. The molecule has 0 radical (unpaired) electrons. The van der Waals surface area contributed by atoms with Gasteiger partial charge in [0, 0.05) is 17.4 Å². The van der Waals surface area contributed by atoms with Crippen molar-refractivity contribution in [3.8, 4) is 11.1 Å². The fraction of sp³-hybridized carbons (Fsp3) is 0.222. The molecule has 8 heteroatoms. The second kappa shape index (κ2) is 6.29. The molecule has 0 saturated heterocycles. The number of aromatic amines is 1. The van der Waals surface area contributed by atoms with E-state index in [2.05, 4.69) is 10.2 Å². The van der Waals surface area contributed by atoms with Crippen LogP contribution in [0.25, 0.3) is 22.0 Å². The molecule has 1 amide bonds. The Morgan fingerprint density at radius 2 is 2.00 bits per heavy atom. The maximum atomic E-state index is 14.7. The summed E-state index contributed by atoms with van der Waals surface area (Å²) in [7, 11) is 0. The van der Waals surface area contributed by atoms with Crippen LogP contribution in [0.4, 0.5) is 19.4 Å². The van der Waals surface area contributed by atoms with Crippen LogP contribution in [0.2, 0.25) is 0 Å². The molecule has 0 atom stereocenters. The smallest absolute Gasteiger partial charge is 0.405 e. The van der Waals surface area contributed by atoms with Crippen molar-refractivity contribution in [2.75, 3.05) is 5.73 Å². The third-order valence-electron chi connectivity index (χ3n) is 4.06. The lowest BCUT2D eigenvalue weighted by atomic mass is 9.95. The van der Waals surface area contributed by atoms with Gasteiger partial charge < -0.3 is 16.2 Å². The summed E-state index contributed by atoms with van der Waals surface area (Å²) in [6, 6.07) is 7.52. The van der Waals surface area contributed by atoms with E-state index in [0.717, 1.165) is 0 Å². The SMILES string of the molecule is CC(C)(Cc1ccc(-c2ccc3c(N)n[nH]c3c2F)cc1F)OC(N)=O. The van der Waals surface area contributed by atoms with Crippen LogP contribution in [0.5, 0.6) is 0 Å². The predicted molar refractivity (Wildman–Crippen MR) is 94.3 cm³/mol. The number of carbonyl (C=O) groups is 1. The number of hydrogen-bond donors (Lipinski definition) is 3. The van der Waals surface area contributed by atoms with Gasteiger partial charge in [-0.15, -0.1) is 0 Å². The maximum absolute atomic E-state index is 14.7. The lowest BCUT2D eigenvalue weighted by molar-refractivity contribution is 0.0454. The number of fused-ring (bicyclic) bond motifs is 1. The second-order valence-corrected chi connectivity index (χ2v) is 6.62. The summed E-state index contributed by atoms with van der Waals surface area (Å²) in [6.07, 6.45) is -0.804. The number of rotatable bonds is 4.